The Morgan fingerprint density at radius 1 is 1.22 bits per heavy atom. The molecule has 27 heavy (non-hydrogen) atoms. The Labute approximate surface area is 158 Å². The molecule has 1 N–H and O–H groups in total. The van der Waals surface area contributed by atoms with Crippen LogP contribution in [-0.2, 0) is 20.0 Å². The number of rotatable bonds is 6. The van der Waals surface area contributed by atoms with Crippen molar-refractivity contribution >= 4 is 34.5 Å². The summed E-state index contributed by atoms with van der Waals surface area (Å²) in [6.45, 7) is 2.66. The van der Waals surface area contributed by atoms with E-state index in [4.69, 9.17) is 11.6 Å². The van der Waals surface area contributed by atoms with Gasteiger partial charge in [0.05, 0.1) is 6.61 Å². The number of ether oxygens (including phenoxy) is 1. The molecule has 0 aliphatic carbocycles. The maximum Gasteiger partial charge on any atom is 0.440 e. The summed E-state index contributed by atoms with van der Waals surface area (Å²) in [5.74, 6) is -1.85. The zero-order valence-corrected chi connectivity index (χ0v) is 15.5. The Morgan fingerprint density at radius 2 is 1.78 bits per heavy atom. The molecule has 0 aliphatic rings. The van der Waals surface area contributed by atoms with E-state index in [1.54, 1.807) is 6.92 Å². The van der Waals surface area contributed by atoms with E-state index in [-0.39, 0.29) is 17.5 Å². The number of anilines is 1. The summed E-state index contributed by atoms with van der Waals surface area (Å²) < 4.78 is 44.2. The van der Waals surface area contributed by atoms with Crippen LogP contribution in [0.1, 0.15) is 25.8 Å². The van der Waals surface area contributed by atoms with Gasteiger partial charge in [-0.1, -0.05) is 35.8 Å². The van der Waals surface area contributed by atoms with Gasteiger partial charge in [0.1, 0.15) is 5.17 Å². The van der Waals surface area contributed by atoms with Crippen LogP contribution in [0.3, 0.4) is 0 Å². The molecule has 1 rings (SSSR count). The van der Waals surface area contributed by atoms with Gasteiger partial charge in [-0.15, -0.1) is 0 Å². The first-order chi connectivity index (χ1) is 12.5. The lowest BCUT2D eigenvalue weighted by Gasteiger charge is -2.28. The zero-order chi connectivity index (χ0) is 20.8. The molecule has 150 valence electrons. The number of hydrogen-bond donors (Lipinski definition) is 1. The maximum atomic E-state index is 13.3. The Morgan fingerprint density at radius 3 is 2.22 bits per heavy atom. The summed E-state index contributed by atoms with van der Waals surface area (Å²) >= 11 is 5.61. The van der Waals surface area contributed by atoms with Crippen molar-refractivity contribution in [1.82, 2.24) is 0 Å². The van der Waals surface area contributed by atoms with E-state index in [1.807, 2.05) is 0 Å². The van der Waals surface area contributed by atoms with Crippen molar-refractivity contribution < 1.29 is 37.4 Å². The lowest BCUT2D eigenvalue weighted by Crippen LogP contribution is -2.50. The molecule has 0 saturated heterocycles. The fourth-order valence-electron chi connectivity index (χ4n) is 1.88. The van der Waals surface area contributed by atoms with Crippen molar-refractivity contribution in [2.75, 3.05) is 18.6 Å². The molecule has 1 aromatic carbocycles. The molecule has 0 saturated carbocycles. The number of nitrogens with zero attached hydrogens (tertiary/aromatic N) is 2. The largest absolute Gasteiger partial charge is 0.463 e. The van der Waals surface area contributed by atoms with Gasteiger partial charge in [-0.05, 0) is 19.1 Å². The number of benzene rings is 1. The van der Waals surface area contributed by atoms with Gasteiger partial charge in [-0.3, -0.25) is 9.74 Å². The minimum absolute atomic E-state index is 0.0526. The number of aliphatic hydroxyl groups is 1. The van der Waals surface area contributed by atoms with Crippen LogP contribution in [0.15, 0.2) is 29.4 Å². The van der Waals surface area contributed by atoms with Gasteiger partial charge in [0.2, 0.25) is 0 Å². The van der Waals surface area contributed by atoms with E-state index in [0.29, 0.717) is 6.42 Å². The predicted molar refractivity (Wildman–Crippen MR) is 91.5 cm³/mol. The Kier molecular flexibility index (Phi) is 7.61. The molecule has 1 unspecified atom stereocenters. The second kappa shape index (κ2) is 9.05. The molecule has 1 atom stereocenters. The van der Waals surface area contributed by atoms with Gasteiger partial charge in [-0.25, -0.2) is 9.59 Å². The molecule has 0 radical (unpaired) electrons. The van der Waals surface area contributed by atoms with Gasteiger partial charge in [0, 0.05) is 24.7 Å². The van der Waals surface area contributed by atoms with Crippen LogP contribution in [0.5, 0.6) is 0 Å². The molecule has 1 aromatic rings. The van der Waals surface area contributed by atoms with Crippen molar-refractivity contribution in [1.29, 1.82) is 0 Å². The third-order valence-electron chi connectivity index (χ3n) is 3.44. The highest BCUT2D eigenvalue weighted by Crippen LogP contribution is 2.40. The van der Waals surface area contributed by atoms with Crippen LogP contribution < -0.4 is 4.90 Å². The quantitative estimate of drug-likeness (QED) is 0.335. The van der Waals surface area contributed by atoms with E-state index < -0.39 is 29.4 Å². The molecule has 0 spiro atoms. The average Bonchev–Trinajstić information content (AvgIpc) is 2.63. The monoisotopic (exact) mass is 410 g/mol. The number of carbonyl (C=O) groups is 2. The summed E-state index contributed by atoms with van der Waals surface area (Å²) in [5, 5.41) is 13.4. The van der Waals surface area contributed by atoms with Gasteiger partial charge >= 0.3 is 18.2 Å². The first-order valence-corrected chi connectivity index (χ1v) is 8.10. The summed E-state index contributed by atoms with van der Waals surface area (Å²) in [4.78, 5) is 29.1. The predicted octanol–water partition coefficient (Wildman–Crippen LogP) is 3.53. The third-order valence-corrected chi connectivity index (χ3v) is 3.78. The van der Waals surface area contributed by atoms with Gasteiger partial charge in [0.15, 0.2) is 0 Å². The molecule has 0 aromatic heterocycles. The normalized spacial score (nSPS) is 14.3. The third kappa shape index (κ3) is 5.10. The SMILES string of the molecule is CCOC(=O)C(O)(c1ccc(N(C)C(=O)O/N=C(\Cl)CC)cc1)C(F)(F)F. The highest BCUT2D eigenvalue weighted by molar-refractivity contribution is 6.65. The van der Waals surface area contributed by atoms with Crippen LogP contribution in [0.25, 0.3) is 0 Å². The van der Waals surface area contributed by atoms with Crippen molar-refractivity contribution in [3.8, 4) is 0 Å². The molecule has 0 heterocycles. The molecule has 11 heteroatoms. The minimum atomic E-state index is -5.31. The van der Waals surface area contributed by atoms with E-state index in [9.17, 15) is 27.9 Å². The summed E-state index contributed by atoms with van der Waals surface area (Å²) in [6.07, 6.45) is -5.90. The Balaban J connectivity index is 3.11. The van der Waals surface area contributed by atoms with Gasteiger partial charge < -0.3 is 9.84 Å². The standard InChI is InChI=1S/C16H18ClF3N2O5/c1-4-12(17)21-27-14(24)22(3)11-8-6-10(7-9-11)15(25,16(18,19)20)13(23)26-5-2/h6-9,25H,4-5H2,1-3H3/b21-12-. The second-order valence-corrected chi connectivity index (χ2v) is 5.65. The highest BCUT2D eigenvalue weighted by atomic mass is 35.5. The summed E-state index contributed by atoms with van der Waals surface area (Å²) in [7, 11) is 1.29. The van der Waals surface area contributed by atoms with E-state index >= 15 is 0 Å². The van der Waals surface area contributed by atoms with Crippen molar-refractivity contribution in [3.05, 3.63) is 29.8 Å². The lowest BCUT2D eigenvalue weighted by atomic mass is 9.93. The maximum absolute atomic E-state index is 13.3. The second-order valence-electron chi connectivity index (χ2n) is 5.21. The Hall–Kier alpha value is -2.33. The van der Waals surface area contributed by atoms with Crippen LogP contribution in [-0.4, -0.2) is 42.2 Å². The topological polar surface area (TPSA) is 88.4 Å². The highest BCUT2D eigenvalue weighted by Gasteiger charge is 2.62. The first kappa shape index (κ1) is 22.7. The number of carbonyl (C=O) groups excluding carboxylic acids is 2. The number of alkyl halides is 3. The average molecular weight is 411 g/mol. The van der Waals surface area contributed by atoms with E-state index in [0.717, 1.165) is 29.2 Å². The van der Waals surface area contributed by atoms with Gasteiger partial charge in [-0.2, -0.15) is 13.2 Å². The molecular weight excluding hydrogens is 393 g/mol. The Bertz CT molecular complexity index is 709. The molecule has 7 nitrogen and oxygen atoms in total. The minimum Gasteiger partial charge on any atom is -0.463 e. The van der Waals surface area contributed by atoms with E-state index in [1.165, 1.54) is 14.0 Å². The summed E-state index contributed by atoms with van der Waals surface area (Å²) in [6, 6.07) is 3.90. The van der Waals surface area contributed by atoms with Crippen LogP contribution in [0.4, 0.5) is 23.7 Å². The van der Waals surface area contributed by atoms with Crippen LogP contribution >= 0.6 is 11.6 Å². The fraction of sp³-hybridized carbons (Fsp3) is 0.438. The smallest absolute Gasteiger partial charge is 0.440 e. The molecule has 0 aliphatic heterocycles. The zero-order valence-electron chi connectivity index (χ0n) is 14.7. The van der Waals surface area contributed by atoms with Crippen molar-refractivity contribution in [2.24, 2.45) is 5.16 Å². The lowest BCUT2D eigenvalue weighted by molar-refractivity contribution is -0.267. The summed E-state index contributed by atoms with van der Waals surface area (Å²) in [5.41, 5.74) is -4.47. The molecular formula is C16H18ClF3N2O5. The number of hydrogen-bond acceptors (Lipinski definition) is 6. The number of oxime groups is 1. The molecule has 1 amide bonds. The van der Waals surface area contributed by atoms with Gasteiger partial charge in [0.25, 0.3) is 5.60 Å². The molecule has 0 fully saturated rings. The van der Waals surface area contributed by atoms with Crippen molar-refractivity contribution in [2.45, 2.75) is 32.0 Å². The number of esters is 1. The molecule has 0 bridgehead atoms. The van der Waals surface area contributed by atoms with Crippen molar-refractivity contribution in [3.63, 3.8) is 0 Å². The van der Waals surface area contributed by atoms with Crippen LogP contribution in [0.2, 0.25) is 0 Å². The number of halogens is 4. The fourth-order valence-corrected chi connectivity index (χ4v) is 1.91. The van der Waals surface area contributed by atoms with Crippen LogP contribution in [0, 0.1) is 0 Å². The number of amides is 1. The van der Waals surface area contributed by atoms with E-state index in [2.05, 4.69) is 14.7 Å². The first-order valence-electron chi connectivity index (χ1n) is 7.72.